The molecule has 4 rings (SSSR count). The van der Waals surface area contributed by atoms with Gasteiger partial charge in [-0.3, -0.25) is 13.9 Å². The van der Waals surface area contributed by atoms with E-state index in [2.05, 4.69) is 21.2 Å². The third-order valence-electron chi connectivity index (χ3n) is 7.46. The van der Waals surface area contributed by atoms with E-state index >= 15 is 0 Å². The summed E-state index contributed by atoms with van der Waals surface area (Å²) >= 11 is 3.51. The van der Waals surface area contributed by atoms with Crippen molar-refractivity contribution in [3.05, 3.63) is 119 Å². The van der Waals surface area contributed by atoms with E-state index < -0.39 is 28.5 Å². The van der Waals surface area contributed by atoms with Crippen LogP contribution in [0.4, 0.5) is 5.69 Å². The minimum Gasteiger partial charge on any atom is -0.493 e. The van der Waals surface area contributed by atoms with Gasteiger partial charge in [-0.25, -0.2) is 8.42 Å². The van der Waals surface area contributed by atoms with Gasteiger partial charge in [-0.05, 0) is 53.4 Å². The fourth-order valence-electron chi connectivity index (χ4n) is 5.04. The van der Waals surface area contributed by atoms with Crippen LogP contribution in [0.2, 0.25) is 0 Å². The van der Waals surface area contributed by atoms with Crippen molar-refractivity contribution < 1.29 is 27.5 Å². The van der Waals surface area contributed by atoms with Gasteiger partial charge >= 0.3 is 0 Å². The molecule has 0 saturated carbocycles. The van der Waals surface area contributed by atoms with Gasteiger partial charge in [0.25, 0.3) is 10.0 Å². The smallest absolute Gasteiger partial charge is 0.264 e. The maximum atomic E-state index is 14.6. The number of carbonyl (C=O) groups is 2. The fraction of sp³-hybridized carbons (Fsp3) is 0.278. The van der Waals surface area contributed by atoms with E-state index in [-0.39, 0.29) is 35.4 Å². The third-order valence-corrected chi connectivity index (χ3v) is 9.73. The number of carbonyl (C=O) groups excluding carboxylic acids is 2. The second kappa shape index (κ2) is 16.5. The molecule has 0 radical (unpaired) electrons. The Bertz CT molecular complexity index is 1750. The maximum Gasteiger partial charge on any atom is 0.264 e. The van der Waals surface area contributed by atoms with Gasteiger partial charge in [0.05, 0.1) is 24.8 Å². The molecular weight excluding hydrogens is 682 g/mol. The molecular formula is C36H40BrN3O6S. The highest BCUT2D eigenvalue weighted by molar-refractivity contribution is 9.10. The zero-order valence-corrected chi connectivity index (χ0v) is 29.3. The van der Waals surface area contributed by atoms with Gasteiger partial charge in [0, 0.05) is 30.0 Å². The molecule has 0 saturated heterocycles. The SMILES string of the molecule is COc1ccc(S(=O)(=O)N(CC(=O)N(Cc2cccc(Br)c2)C(Cc2ccccc2)C(=O)NCC(C)C)c2ccccc2)cc1OC. The average Bonchev–Trinajstić information content (AvgIpc) is 3.07. The van der Waals surface area contributed by atoms with Crippen LogP contribution in [-0.4, -0.2) is 58.5 Å². The van der Waals surface area contributed by atoms with Crippen molar-refractivity contribution in [2.45, 2.75) is 37.8 Å². The minimum atomic E-state index is -4.30. The largest absolute Gasteiger partial charge is 0.493 e. The van der Waals surface area contributed by atoms with Gasteiger partial charge in [-0.15, -0.1) is 0 Å². The summed E-state index contributed by atoms with van der Waals surface area (Å²) in [5.41, 5.74) is 1.93. The Hall–Kier alpha value is -4.35. The van der Waals surface area contributed by atoms with Crippen molar-refractivity contribution in [1.29, 1.82) is 0 Å². The molecule has 2 amide bonds. The quantitative estimate of drug-likeness (QED) is 0.160. The standard InChI is InChI=1S/C36H40BrN3O6S/c1-26(2)23-38-36(42)32(21-27-12-7-5-8-13-27)39(24-28-14-11-15-29(37)20-28)35(41)25-40(30-16-9-6-10-17-30)47(43,44)31-18-19-33(45-3)34(22-31)46-4/h5-20,22,26,32H,21,23-25H2,1-4H3,(H,38,42). The molecule has 0 heterocycles. The molecule has 1 atom stereocenters. The summed E-state index contributed by atoms with van der Waals surface area (Å²) < 4.78 is 41.2. The molecule has 47 heavy (non-hydrogen) atoms. The molecule has 1 N–H and O–H groups in total. The maximum absolute atomic E-state index is 14.6. The first-order valence-electron chi connectivity index (χ1n) is 15.2. The first kappa shape index (κ1) is 35.5. The number of nitrogens with one attached hydrogen (secondary N) is 1. The Morgan fingerprint density at radius 1 is 0.809 bits per heavy atom. The van der Waals surface area contributed by atoms with E-state index in [0.717, 1.165) is 19.9 Å². The number of nitrogens with zero attached hydrogens (tertiary/aromatic N) is 2. The number of sulfonamides is 1. The molecule has 0 bridgehead atoms. The van der Waals surface area contributed by atoms with Crippen molar-refractivity contribution in [3.63, 3.8) is 0 Å². The van der Waals surface area contributed by atoms with Crippen LogP contribution in [0.15, 0.2) is 112 Å². The first-order chi connectivity index (χ1) is 22.5. The summed E-state index contributed by atoms with van der Waals surface area (Å²) in [6.07, 6.45) is 0.234. The van der Waals surface area contributed by atoms with Crippen molar-refractivity contribution in [1.82, 2.24) is 10.2 Å². The van der Waals surface area contributed by atoms with Crippen LogP contribution in [-0.2, 0) is 32.6 Å². The number of halogens is 1. The first-order valence-corrected chi connectivity index (χ1v) is 17.4. The number of anilines is 1. The summed E-state index contributed by atoms with van der Waals surface area (Å²) in [7, 11) is -1.42. The Labute approximate surface area is 285 Å². The van der Waals surface area contributed by atoms with Gasteiger partial charge < -0.3 is 19.7 Å². The molecule has 11 heteroatoms. The van der Waals surface area contributed by atoms with E-state index in [1.807, 2.05) is 68.4 Å². The fourth-order valence-corrected chi connectivity index (χ4v) is 6.91. The van der Waals surface area contributed by atoms with Crippen LogP contribution in [0.1, 0.15) is 25.0 Å². The van der Waals surface area contributed by atoms with Crippen molar-refractivity contribution in [3.8, 4) is 11.5 Å². The number of ether oxygens (including phenoxy) is 2. The molecule has 4 aromatic rings. The van der Waals surface area contributed by atoms with E-state index in [9.17, 15) is 18.0 Å². The van der Waals surface area contributed by atoms with E-state index in [0.29, 0.717) is 18.0 Å². The van der Waals surface area contributed by atoms with Gasteiger partial charge in [0.2, 0.25) is 11.8 Å². The predicted molar refractivity (Wildman–Crippen MR) is 187 cm³/mol. The molecule has 1 unspecified atom stereocenters. The Balaban J connectivity index is 1.80. The molecule has 0 fully saturated rings. The molecule has 0 aromatic heterocycles. The lowest BCUT2D eigenvalue weighted by Crippen LogP contribution is -2.53. The predicted octanol–water partition coefficient (Wildman–Crippen LogP) is 6.07. The summed E-state index contributed by atoms with van der Waals surface area (Å²) in [6.45, 7) is 3.93. The molecule has 0 spiro atoms. The number of benzene rings is 4. The lowest BCUT2D eigenvalue weighted by molar-refractivity contribution is -0.140. The number of amides is 2. The number of para-hydroxylation sites is 1. The molecule has 0 aliphatic rings. The van der Waals surface area contributed by atoms with Gasteiger partial charge in [-0.1, -0.05) is 90.4 Å². The molecule has 248 valence electrons. The monoisotopic (exact) mass is 721 g/mol. The second-order valence-electron chi connectivity index (χ2n) is 11.4. The van der Waals surface area contributed by atoms with Gasteiger partial charge in [0.15, 0.2) is 11.5 Å². The normalized spacial score (nSPS) is 11.9. The lowest BCUT2D eigenvalue weighted by atomic mass is 10.0. The highest BCUT2D eigenvalue weighted by Gasteiger charge is 2.35. The molecule has 0 aliphatic heterocycles. The van der Waals surface area contributed by atoms with Crippen LogP contribution >= 0.6 is 15.9 Å². The topological polar surface area (TPSA) is 105 Å². The molecule has 0 aliphatic carbocycles. The van der Waals surface area contributed by atoms with E-state index in [4.69, 9.17) is 9.47 Å². The van der Waals surface area contributed by atoms with Gasteiger partial charge in [0.1, 0.15) is 12.6 Å². The van der Waals surface area contributed by atoms with Crippen LogP contribution < -0.4 is 19.1 Å². The average molecular weight is 723 g/mol. The Kier molecular flexibility index (Phi) is 12.4. The zero-order valence-electron chi connectivity index (χ0n) is 26.9. The zero-order chi connectivity index (χ0) is 34.0. The Morgan fingerprint density at radius 2 is 1.45 bits per heavy atom. The summed E-state index contributed by atoms with van der Waals surface area (Å²) in [6, 6.07) is 28.7. The molecule has 4 aromatic carbocycles. The number of hydrogen-bond acceptors (Lipinski definition) is 6. The summed E-state index contributed by atoms with van der Waals surface area (Å²) in [5.74, 6) is -0.0803. The summed E-state index contributed by atoms with van der Waals surface area (Å²) in [5, 5.41) is 3.00. The van der Waals surface area contributed by atoms with E-state index in [1.165, 1.54) is 37.3 Å². The van der Waals surface area contributed by atoms with Gasteiger partial charge in [-0.2, -0.15) is 0 Å². The van der Waals surface area contributed by atoms with Crippen LogP contribution in [0.3, 0.4) is 0 Å². The van der Waals surface area contributed by atoms with Crippen LogP contribution in [0.5, 0.6) is 11.5 Å². The van der Waals surface area contributed by atoms with Crippen molar-refractivity contribution in [2.75, 3.05) is 31.6 Å². The number of hydrogen-bond donors (Lipinski definition) is 1. The van der Waals surface area contributed by atoms with Crippen LogP contribution in [0, 0.1) is 5.92 Å². The molecule has 9 nitrogen and oxygen atoms in total. The van der Waals surface area contributed by atoms with E-state index in [1.54, 1.807) is 30.3 Å². The third kappa shape index (κ3) is 9.36. The highest BCUT2D eigenvalue weighted by Crippen LogP contribution is 2.32. The number of rotatable bonds is 15. The lowest BCUT2D eigenvalue weighted by Gasteiger charge is -2.34. The summed E-state index contributed by atoms with van der Waals surface area (Å²) in [4.78, 5) is 29.9. The van der Waals surface area contributed by atoms with Crippen molar-refractivity contribution in [2.24, 2.45) is 5.92 Å². The highest BCUT2D eigenvalue weighted by atomic mass is 79.9. The second-order valence-corrected chi connectivity index (χ2v) is 14.1. The number of methoxy groups -OCH3 is 2. The van der Waals surface area contributed by atoms with Crippen molar-refractivity contribution >= 4 is 43.5 Å². The van der Waals surface area contributed by atoms with Crippen LogP contribution in [0.25, 0.3) is 0 Å². The Morgan fingerprint density at radius 3 is 2.06 bits per heavy atom. The minimum absolute atomic E-state index is 0.0733.